The first-order valence-electron chi connectivity index (χ1n) is 14.9. The van der Waals surface area contributed by atoms with Crippen LogP contribution in [0.2, 0.25) is 25.2 Å². The van der Waals surface area contributed by atoms with Gasteiger partial charge in [-0.3, -0.25) is 4.79 Å². The maximum Gasteiger partial charge on any atom is 0.323 e. The van der Waals surface area contributed by atoms with Crippen LogP contribution in [0.3, 0.4) is 0 Å². The summed E-state index contributed by atoms with van der Waals surface area (Å²) in [7, 11) is -1.30. The van der Waals surface area contributed by atoms with Crippen molar-refractivity contribution >= 4 is 14.0 Å². The Bertz CT molecular complexity index is 620. The average Bonchev–Trinajstić information content (AvgIpc) is 2.84. The Labute approximate surface area is 219 Å². The molecule has 1 aromatic rings. The number of carbonyl (C=O) groups excluding carboxylic acids is 1. The summed E-state index contributed by atoms with van der Waals surface area (Å²) in [6, 6.07) is 11.7. The highest BCUT2D eigenvalue weighted by Crippen LogP contribution is 2.21. The van der Waals surface area contributed by atoms with E-state index in [1.165, 1.54) is 109 Å². The van der Waals surface area contributed by atoms with Crippen molar-refractivity contribution in [3.63, 3.8) is 0 Å². The zero-order chi connectivity index (χ0) is 25.6. The van der Waals surface area contributed by atoms with Gasteiger partial charge in [-0.15, -0.1) is 0 Å². The van der Waals surface area contributed by atoms with Crippen LogP contribution >= 0.6 is 0 Å². The number of benzene rings is 1. The number of carbonyl (C=O) groups is 1. The largest absolute Gasteiger partial charge is 0.465 e. The fraction of sp³-hybridized carbons (Fsp3) is 0.774. The molecular formula is C31H57NO2Si. The predicted octanol–water partition coefficient (Wildman–Crippen LogP) is 9.07. The summed E-state index contributed by atoms with van der Waals surface area (Å²) in [4.78, 5) is 12.2. The second kappa shape index (κ2) is 21.0. The fourth-order valence-electron chi connectivity index (χ4n) is 4.76. The van der Waals surface area contributed by atoms with E-state index >= 15 is 0 Å². The van der Waals surface area contributed by atoms with Crippen LogP contribution < -0.4 is 5.73 Å². The molecule has 35 heavy (non-hydrogen) atoms. The normalized spacial score (nSPS) is 12.6. The second-order valence-electron chi connectivity index (χ2n) is 11.4. The molecule has 0 fully saturated rings. The third-order valence-electron chi connectivity index (χ3n) is 7.33. The van der Waals surface area contributed by atoms with Crippen molar-refractivity contribution < 1.29 is 9.53 Å². The molecule has 0 aromatic heterocycles. The molecule has 0 aliphatic heterocycles. The molecule has 0 saturated carbocycles. The minimum Gasteiger partial charge on any atom is -0.465 e. The summed E-state index contributed by atoms with van der Waals surface area (Å²) in [6.45, 7) is 7.67. The lowest BCUT2D eigenvalue weighted by atomic mass is 10.0. The molecule has 0 radical (unpaired) electrons. The SMILES string of the molecule is CCCCCCCCCCCCCCCCCC[Si](C)(C)CCOC(=O)[C@@H](N)Cc1ccccc1. The summed E-state index contributed by atoms with van der Waals surface area (Å²) in [5, 5.41) is 0. The van der Waals surface area contributed by atoms with Crippen LogP contribution in [0.15, 0.2) is 30.3 Å². The molecule has 2 N–H and O–H groups in total. The molecule has 0 saturated heterocycles. The number of esters is 1. The fourth-order valence-corrected chi connectivity index (χ4v) is 6.87. The van der Waals surface area contributed by atoms with E-state index < -0.39 is 14.1 Å². The van der Waals surface area contributed by atoms with Crippen LogP contribution in [0, 0.1) is 0 Å². The zero-order valence-corrected chi connectivity index (χ0v) is 24.5. The molecule has 0 heterocycles. The lowest BCUT2D eigenvalue weighted by Crippen LogP contribution is -2.35. The highest BCUT2D eigenvalue weighted by Gasteiger charge is 2.22. The van der Waals surface area contributed by atoms with Crippen LogP contribution in [-0.4, -0.2) is 26.7 Å². The monoisotopic (exact) mass is 503 g/mol. The Morgan fingerprint density at radius 1 is 0.743 bits per heavy atom. The van der Waals surface area contributed by atoms with Crippen molar-refractivity contribution in [2.24, 2.45) is 5.73 Å². The summed E-state index contributed by atoms with van der Waals surface area (Å²) in [5.41, 5.74) is 7.12. The molecule has 0 amide bonds. The predicted molar refractivity (Wildman–Crippen MR) is 156 cm³/mol. The Balaban J connectivity index is 1.92. The summed E-state index contributed by atoms with van der Waals surface area (Å²) >= 11 is 0. The van der Waals surface area contributed by atoms with Gasteiger partial charge in [0, 0.05) is 0 Å². The van der Waals surface area contributed by atoms with Crippen LogP contribution in [0.25, 0.3) is 0 Å². The third kappa shape index (κ3) is 18.7. The standard InChI is InChI=1S/C31H57NO2Si/c1-4-5-6-7-8-9-10-11-12-13-14-15-16-17-18-22-26-35(2,3)27-25-34-31(33)30(32)28-29-23-20-19-21-24-29/h19-21,23-24,30H,4-18,22,25-28,32H2,1-3H3/t30-/m0/s1. The molecular weight excluding hydrogens is 446 g/mol. The van der Waals surface area contributed by atoms with Crippen LogP contribution in [0.4, 0.5) is 0 Å². The van der Waals surface area contributed by atoms with Gasteiger partial charge in [-0.25, -0.2) is 0 Å². The van der Waals surface area contributed by atoms with Gasteiger partial charge in [0.05, 0.1) is 14.7 Å². The first-order chi connectivity index (χ1) is 16.9. The Morgan fingerprint density at radius 2 is 1.20 bits per heavy atom. The minimum atomic E-state index is -1.30. The molecule has 1 aromatic carbocycles. The smallest absolute Gasteiger partial charge is 0.323 e. The lowest BCUT2D eigenvalue weighted by molar-refractivity contribution is -0.144. The van der Waals surface area contributed by atoms with Crippen LogP contribution in [0.1, 0.15) is 115 Å². The van der Waals surface area contributed by atoms with Gasteiger partial charge >= 0.3 is 5.97 Å². The Hall–Kier alpha value is -1.13. The average molecular weight is 504 g/mol. The molecule has 0 aliphatic carbocycles. The van der Waals surface area contributed by atoms with Crippen molar-refractivity contribution in [3.05, 3.63) is 35.9 Å². The molecule has 4 heteroatoms. The van der Waals surface area contributed by atoms with Gasteiger partial charge in [0.15, 0.2) is 0 Å². The summed E-state index contributed by atoms with van der Waals surface area (Å²) in [6.07, 6.45) is 23.2. The lowest BCUT2D eigenvalue weighted by Gasteiger charge is -2.22. The van der Waals surface area contributed by atoms with E-state index in [0.717, 1.165) is 11.6 Å². The first kappa shape index (κ1) is 31.9. The van der Waals surface area contributed by atoms with Gasteiger partial charge in [-0.05, 0) is 18.0 Å². The number of ether oxygens (including phenoxy) is 1. The van der Waals surface area contributed by atoms with E-state index in [2.05, 4.69) is 20.0 Å². The topological polar surface area (TPSA) is 52.3 Å². The molecule has 0 unspecified atom stereocenters. The van der Waals surface area contributed by atoms with Crippen molar-refractivity contribution in [3.8, 4) is 0 Å². The maximum atomic E-state index is 12.2. The Morgan fingerprint density at radius 3 is 1.69 bits per heavy atom. The maximum absolute atomic E-state index is 12.2. The van der Waals surface area contributed by atoms with Crippen molar-refractivity contribution in [1.82, 2.24) is 0 Å². The van der Waals surface area contributed by atoms with Gasteiger partial charge in [0.25, 0.3) is 0 Å². The van der Waals surface area contributed by atoms with Crippen molar-refractivity contribution in [2.75, 3.05) is 6.61 Å². The molecule has 1 rings (SSSR count). The van der Waals surface area contributed by atoms with E-state index in [1.807, 2.05) is 30.3 Å². The molecule has 3 nitrogen and oxygen atoms in total. The number of rotatable bonds is 23. The summed E-state index contributed by atoms with van der Waals surface area (Å²) in [5.74, 6) is -0.263. The minimum absolute atomic E-state index is 0.263. The zero-order valence-electron chi connectivity index (χ0n) is 23.5. The third-order valence-corrected chi connectivity index (χ3v) is 10.6. The number of hydrogen-bond acceptors (Lipinski definition) is 3. The molecule has 202 valence electrons. The highest BCUT2D eigenvalue weighted by molar-refractivity contribution is 6.77. The van der Waals surface area contributed by atoms with Crippen molar-refractivity contribution in [1.29, 1.82) is 0 Å². The molecule has 0 spiro atoms. The van der Waals surface area contributed by atoms with E-state index in [1.54, 1.807) is 0 Å². The molecule has 1 atom stereocenters. The van der Waals surface area contributed by atoms with Gasteiger partial charge in [0.1, 0.15) is 6.04 Å². The van der Waals surface area contributed by atoms with E-state index in [-0.39, 0.29) is 5.97 Å². The van der Waals surface area contributed by atoms with Crippen molar-refractivity contribution in [2.45, 2.75) is 147 Å². The number of unbranched alkanes of at least 4 members (excludes halogenated alkanes) is 15. The number of hydrogen-bond donors (Lipinski definition) is 1. The number of nitrogens with two attached hydrogens (primary N) is 1. The van der Waals surface area contributed by atoms with Gasteiger partial charge < -0.3 is 10.5 Å². The van der Waals surface area contributed by atoms with Crippen LogP contribution in [-0.2, 0) is 16.0 Å². The highest BCUT2D eigenvalue weighted by atomic mass is 28.3. The Kier molecular flexibility index (Phi) is 19.1. The van der Waals surface area contributed by atoms with Gasteiger partial charge in [-0.2, -0.15) is 0 Å². The van der Waals surface area contributed by atoms with E-state index in [0.29, 0.717) is 13.0 Å². The quantitative estimate of drug-likeness (QED) is 0.0920. The van der Waals surface area contributed by atoms with E-state index in [9.17, 15) is 4.79 Å². The first-order valence-corrected chi connectivity index (χ1v) is 18.3. The summed E-state index contributed by atoms with van der Waals surface area (Å²) < 4.78 is 5.52. The van der Waals surface area contributed by atoms with Gasteiger partial charge in [-0.1, -0.05) is 159 Å². The second-order valence-corrected chi connectivity index (χ2v) is 16.8. The van der Waals surface area contributed by atoms with Gasteiger partial charge in [0.2, 0.25) is 0 Å². The van der Waals surface area contributed by atoms with E-state index in [4.69, 9.17) is 10.5 Å². The van der Waals surface area contributed by atoms with Crippen LogP contribution in [0.5, 0.6) is 0 Å². The molecule has 0 aliphatic rings. The molecule has 0 bridgehead atoms.